The highest BCUT2D eigenvalue weighted by atomic mass is 16.5. The third-order valence-electron chi connectivity index (χ3n) is 5.10. The summed E-state index contributed by atoms with van der Waals surface area (Å²) >= 11 is 0. The van der Waals surface area contributed by atoms with Gasteiger partial charge in [0.15, 0.2) is 0 Å². The molecule has 2 amide bonds. The summed E-state index contributed by atoms with van der Waals surface area (Å²) in [6, 6.07) is 18.1. The fourth-order valence-corrected chi connectivity index (χ4v) is 3.53. The number of anilines is 4. The molecular formula is C25H23N7O3. The van der Waals surface area contributed by atoms with Crippen LogP contribution in [0.25, 0.3) is 11.0 Å². The van der Waals surface area contributed by atoms with Gasteiger partial charge in [0.05, 0.1) is 5.69 Å². The molecule has 10 heteroatoms. The first kappa shape index (κ1) is 22.0. The van der Waals surface area contributed by atoms with Crippen LogP contribution in [0.5, 0.6) is 11.8 Å². The number of ether oxygens (including phenoxy) is 1. The van der Waals surface area contributed by atoms with Gasteiger partial charge in [-0.2, -0.15) is 10.1 Å². The molecule has 10 nitrogen and oxygen atoms in total. The van der Waals surface area contributed by atoms with Crippen molar-refractivity contribution in [3.05, 3.63) is 77.6 Å². The SMILES string of the molecule is Cc1cc(Nc2cc(C)nc(Oc3ccc(NC(=O)Nc4cc5ccccc5o4)cc3C)n2)[nH]n1. The number of aromatic amines is 1. The summed E-state index contributed by atoms with van der Waals surface area (Å²) in [4.78, 5) is 21.2. The van der Waals surface area contributed by atoms with E-state index in [-0.39, 0.29) is 6.01 Å². The highest BCUT2D eigenvalue weighted by Gasteiger charge is 2.11. The van der Waals surface area contributed by atoms with Crippen LogP contribution in [-0.2, 0) is 0 Å². The lowest BCUT2D eigenvalue weighted by atomic mass is 10.2. The molecule has 0 aliphatic carbocycles. The molecular weight excluding hydrogens is 446 g/mol. The Bertz CT molecular complexity index is 1490. The van der Waals surface area contributed by atoms with Crippen molar-refractivity contribution in [2.24, 2.45) is 0 Å². The van der Waals surface area contributed by atoms with Gasteiger partial charge in [-0.15, -0.1) is 0 Å². The van der Waals surface area contributed by atoms with Crippen molar-refractivity contribution < 1.29 is 13.9 Å². The van der Waals surface area contributed by atoms with E-state index in [0.29, 0.717) is 28.7 Å². The van der Waals surface area contributed by atoms with Gasteiger partial charge >= 0.3 is 12.0 Å². The van der Waals surface area contributed by atoms with Gasteiger partial charge in [-0.3, -0.25) is 10.4 Å². The highest BCUT2D eigenvalue weighted by Crippen LogP contribution is 2.27. The quantitative estimate of drug-likeness (QED) is 0.238. The van der Waals surface area contributed by atoms with Crippen LogP contribution >= 0.6 is 0 Å². The van der Waals surface area contributed by atoms with Gasteiger partial charge in [0.25, 0.3) is 0 Å². The van der Waals surface area contributed by atoms with Crippen molar-refractivity contribution >= 4 is 40.2 Å². The van der Waals surface area contributed by atoms with E-state index >= 15 is 0 Å². The maximum atomic E-state index is 12.4. The lowest BCUT2D eigenvalue weighted by Crippen LogP contribution is -2.19. The second kappa shape index (κ2) is 9.18. The lowest BCUT2D eigenvalue weighted by Gasteiger charge is -2.12. The number of furan rings is 1. The number of H-pyrrole nitrogens is 1. The predicted octanol–water partition coefficient (Wildman–Crippen LogP) is 6.05. The minimum atomic E-state index is -0.413. The number of nitrogens with one attached hydrogen (secondary N) is 4. The van der Waals surface area contributed by atoms with E-state index < -0.39 is 6.03 Å². The number of hydrogen-bond donors (Lipinski definition) is 4. The van der Waals surface area contributed by atoms with Crippen molar-refractivity contribution in [3.8, 4) is 11.8 Å². The Hall–Kier alpha value is -4.86. The zero-order chi connectivity index (χ0) is 24.4. The van der Waals surface area contributed by atoms with Crippen molar-refractivity contribution in [1.29, 1.82) is 0 Å². The minimum absolute atomic E-state index is 0.204. The number of urea groups is 1. The smallest absolute Gasteiger partial charge is 0.326 e. The maximum Gasteiger partial charge on any atom is 0.326 e. The zero-order valence-electron chi connectivity index (χ0n) is 19.3. The number of rotatable bonds is 6. The number of nitrogens with zero attached hydrogens (tertiary/aromatic N) is 3. The molecule has 3 aromatic heterocycles. The first-order chi connectivity index (χ1) is 16.9. The van der Waals surface area contributed by atoms with E-state index in [1.165, 1.54) is 0 Å². The second-order valence-corrected chi connectivity index (χ2v) is 8.04. The maximum absolute atomic E-state index is 12.4. The van der Waals surface area contributed by atoms with Crippen LogP contribution in [0.2, 0.25) is 0 Å². The lowest BCUT2D eigenvalue weighted by molar-refractivity contribution is 0.261. The fraction of sp³-hybridized carbons (Fsp3) is 0.120. The monoisotopic (exact) mass is 469 g/mol. The Morgan fingerprint density at radius 2 is 1.80 bits per heavy atom. The first-order valence-corrected chi connectivity index (χ1v) is 10.9. The summed E-state index contributed by atoms with van der Waals surface area (Å²) in [5.74, 6) is 2.24. The number of benzene rings is 2. The Balaban J connectivity index is 1.25. The number of aromatic nitrogens is 4. The molecule has 3 heterocycles. The van der Waals surface area contributed by atoms with Crippen LogP contribution in [0.4, 0.5) is 28.0 Å². The van der Waals surface area contributed by atoms with Crippen LogP contribution in [0.15, 0.2) is 65.1 Å². The highest BCUT2D eigenvalue weighted by molar-refractivity contribution is 6.00. The van der Waals surface area contributed by atoms with Gasteiger partial charge in [0.2, 0.25) is 5.88 Å². The first-order valence-electron chi connectivity index (χ1n) is 10.9. The standard InChI is InChI=1S/C25H23N7O3/c1-14-10-18(27-24(33)30-23-13-17-6-4-5-7-20(17)34-23)8-9-19(14)35-25-26-15(2)11-21(29-25)28-22-12-16(3)31-32-22/h4-13H,1-3H3,(H2,27,30,33)(H2,26,28,29,31,32). The van der Waals surface area contributed by atoms with E-state index in [4.69, 9.17) is 9.15 Å². The van der Waals surface area contributed by atoms with Gasteiger partial charge in [-0.25, -0.2) is 9.78 Å². The Morgan fingerprint density at radius 1 is 0.943 bits per heavy atom. The summed E-state index contributed by atoms with van der Waals surface area (Å²) < 4.78 is 11.6. The summed E-state index contributed by atoms with van der Waals surface area (Å²) in [7, 11) is 0. The summed E-state index contributed by atoms with van der Waals surface area (Å²) in [5, 5.41) is 16.6. The Labute approximate surface area is 200 Å². The number of carbonyl (C=O) groups excluding carboxylic acids is 1. The van der Waals surface area contributed by atoms with Crippen LogP contribution < -0.4 is 20.7 Å². The predicted molar refractivity (Wildman–Crippen MR) is 133 cm³/mol. The average molecular weight is 470 g/mol. The van der Waals surface area contributed by atoms with Crippen LogP contribution in [0.3, 0.4) is 0 Å². The second-order valence-electron chi connectivity index (χ2n) is 8.04. The largest absolute Gasteiger partial charge is 0.440 e. The summed E-state index contributed by atoms with van der Waals surface area (Å²) in [6.07, 6.45) is 0. The third-order valence-corrected chi connectivity index (χ3v) is 5.10. The van der Waals surface area contributed by atoms with E-state index in [0.717, 1.165) is 28.2 Å². The van der Waals surface area contributed by atoms with Crippen molar-refractivity contribution in [3.63, 3.8) is 0 Å². The molecule has 0 spiro atoms. The number of para-hydroxylation sites is 1. The Morgan fingerprint density at radius 3 is 2.57 bits per heavy atom. The van der Waals surface area contributed by atoms with E-state index in [1.54, 1.807) is 24.3 Å². The van der Waals surface area contributed by atoms with Gasteiger partial charge in [0.1, 0.15) is 23.0 Å². The molecule has 0 aliphatic heterocycles. The molecule has 176 valence electrons. The third kappa shape index (κ3) is 5.22. The molecule has 2 aromatic carbocycles. The Kier molecular flexibility index (Phi) is 5.76. The topological polar surface area (TPSA) is 130 Å². The molecule has 0 atom stereocenters. The van der Waals surface area contributed by atoms with Crippen molar-refractivity contribution in [2.75, 3.05) is 16.0 Å². The van der Waals surface area contributed by atoms with E-state index in [2.05, 4.69) is 36.1 Å². The van der Waals surface area contributed by atoms with Crippen LogP contribution in [0.1, 0.15) is 17.0 Å². The molecule has 35 heavy (non-hydrogen) atoms. The van der Waals surface area contributed by atoms with Crippen LogP contribution in [0, 0.1) is 20.8 Å². The summed E-state index contributed by atoms with van der Waals surface area (Å²) in [6.45, 7) is 5.63. The molecule has 0 fully saturated rings. The molecule has 4 N–H and O–H groups in total. The van der Waals surface area contributed by atoms with Gasteiger partial charge in [0, 0.05) is 35.0 Å². The molecule has 0 saturated carbocycles. The van der Waals surface area contributed by atoms with E-state index in [9.17, 15) is 4.79 Å². The van der Waals surface area contributed by atoms with Gasteiger partial charge in [-0.1, -0.05) is 18.2 Å². The zero-order valence-corrected chi connectivity index (χ0v) is 19.3. The average Bonchev–Trinajstić information content (AvgIpc) is 3.40. The number of amides is 2. The molecule has 0 unspecified atom stereocenters. The molecule has 0 saturated heterocycles. The number of carbonyl (C=O) groups is 1. The molecule has 0 bridgehead atoms. The minimum Gasteiger partial charge on any atom is -0.440 e. The number of hydrogen-bond acceptors (Lipinski definition) is 7. The van der Waals surface area contributed by atoms with E-state index in [1.807, 2.05) is 57.2 Å². The van der Waals surface area contributed by atoms with Crippen LogP contribution in [-0.4, -0.2) is 26.2 Å². The molecule has 5 rings (SSSR count). The molecule has 0 aliphatic rings. The molecule has 0 radical (unpaired) electrons. The van der Waals surface area contributed by atoms with Crippen molar-refractivity contribution in [2.45, 2.75) is 20.8 Å². The molecule has 5 aromatic rings. The van der Waals surface area contributed by atoms with Gasteiger partial charge < -0.3 is 19.8 Å². The number of fused-ring (bicyclic) bond motifs is 1. The summed E-state index contributed by atoms with van der Waals surface area (Å²) in [5.41, 5.74) is 3.72. The van der Waals surface area contributed by atoms with Crippen molar-refractivity contribution in [1.82, 2.24) is 20.2 Å². The fourth-order valence-electron chi connectivity index (χ4n) is 3.53. The number of aryl methyl sites for hydroxylation is 3. The normalized spacial score (nSPS) is 10.8. The van der Waals surface area contributed by atoms with Gasteiger partial charge in [-0.05, 0) is 50.6 Å².